The van der Waals surface area contributed by atoms with E-state index < -0.39 is 10.3 Å². The molecule has 0 amide bonds. The van der Waals surface area contributed by atoms with Crippen LogP contribution in [0.2, 0.25) is 0 Å². The number of carbonyl (C=O) groups is 1. The zero-order valence-electron chi connectivity index (χ0n) is 18.9. The van der Waals surface area contributed by atoms with Crippen LogP contribution in [-0.2, 0) is 8.92 Å². The maximum Gasteiger partial charge on any atom is 0.349 e. The van der Waals surface area contributed by atoms with Gasteiger partial charge in [0.25, 0.3) is 0 Å². The molecule has 1 aliphatic rings. The first-order valence-corrected chi connectivity index (χ1v) is 13.0. The van der Waals surface area contributed by atoms with Crippen molar-refractivity contribution < 1.29 is 13.7 Å². The molecule has 0 saturated carbocycles. The van der Waals surface area contributed by atoms with E-state index in [2.05, 4.69) is 4.90 Å². The van der Waals surface area contributed by atoms with Crippen LogP contribution in [0.25, 0.3) is 0 Å². The van der Waals surface area contributed by atoms with Gasteiger partial charge >= 0.3 is 5.97 Å². The molecule has 4 aromatic carbocycles. The largest absolute Gasteiger partial charge is 0.398 e. The smallest absolute Gasteiger partial charge is 0.349 e. The van der Waals surface area contributed by atoms with Crippen LogP contribution in [0, 0.1) is 0 Å². The quantitative estimate of drug-likeness (QED) is 0.320. The molecule has 4 nitrogen and oxygen atoms in total. The molecule has 0 aliphatic carbocycles. The average Bonchev–Trinajstić information content (AvgIpc) is 2.94. The number of benzene rings is 4. The lowest BCUT2D eigenvalue weighted by atomic mass is 10.2. The molecule has 0 unspecified atom stereocenters. The highest BCUT2D eigenvalue weighted by Crippen LogP contribution is 2.69. The van der Waals surface area contributed by atoms with E-state index in [0.29, 0.717) is 5.56 Å². The summed E-state index contributed by atoms with van der Waals surface area (Å²) in [4.78, 5) is 18.8. The van der Waals surface area contributed by atoms with Crippen LogP contribution in [0.4, 0.5) is 5.69 Å². The third-order valence-corrected chi connectivity index (χ3v) is 9.11. The van der Waals surface area contributed by atoms with Gasteiger partial charge in [-0.3, -0.25) is 0 Å². The molecule has 0 atom stereocenters. The molecule has 4 aromatic rings. The second kappa shape index (κ2) is 10.2. The van der Waals surface area contributed by atoms with Gasteiger partial charge in [-0.25, -0.2) is 4.79 Å². The topological polar surface area (TPSA) is 38.8 Å². The van der Waals surface area contributed by atoms with E-state index in [0.717, 1.165) is 46.7 Å². The Hall–Kier alpha value is -3.54. The summed E-state index contributed by atoms with van der Waals surface area (Å²) in [5.74, 6) is -0.333. The molecule has 0 radical (unpaired) electrons. The fraction of sp³-hybridized carbons (Fsp3) is 0.138. The van der Waals surface area contributed by atoms with Crippen molar-refractivity contribution in [3.8, 4) is 0 Å². The summed E-state index contributed by atoms with van der Waals surface area (Å²) < 4.78 is 12.0. The van der Waals surface area contributed by atoms with E-state index >= 15 is 0 Å². The van der Waals surface area contributed by atoms with Gasteiger partial charge in [-0.2, -0.15) is 0 Å². The Morgan fingerprint density at radius 3 is 1.53 bits per heavy atom. The average molecular weight is 470 g/mol. The number of rotatable bonds is 6. The SMILES string of the molecule is O=C(OS(c1ccccc1)(c1ccccc1)c1ccccc1)c1ccc(N2CCOCC2)cc1. The molecule has 172 valence electrons. The van der Waals surface area contributed by atoms with Crippen LogP contribution in [0.3, 0.4) is 0 Å². The minimum atomic E-state index is -2.29. The molecule has 0 N–H and O–H groups in total. The van der Waals surface area contributed by atoms with Crippen molar-refractivity contribution in [1.82, 2.24) is 0 Å². The first-order valence-electron chi connectivity index (χ1n) is 11.4. The first kappa shape index (κ1) is 22.3. The van der Waals surface area contributed by atoms with Crippen molar-refractivity contribution >= 4 is 22.0 Å². The van der Waals surface area contributed by atoms with Gasteiger partial charge in [-0.05, 0) is 71.0 Å². The Kier molecular flexibility index (Phi) is 6.65. The third kappa shape index (κ3) is 4.45. The van der Waals surface area contributed by atoms with Gasteiger partial charge < -0.3 is 13.8 Å². The molecule has 1 fully saturated rings. The van der Waals surface area contributed by atoms with Crippen molar-refractivity contribution in [2.45, 2.75) is 14.7 Å². The molecule has 1 heterocycles. The number of hydrogen-bond acceptors (Lipinski definition) is 4. The van der Waals surface area contributed by atoms with Crippen LogP contribution in [-0.4, -0.2) is 32.3 Å². The Morgan fingerprint density at radius 2 is 1.09 bits per heavy atom. The predicted octanol–water partition coefficient (Wildman–Crippen LogP) is 6.58. The Morgan fingerprint density at radius 1 is 0.647 bits per heavy atom. The van der Waals surface area contributed by atoms with Crippen molar-refractivity contribution in [3.63, 3.8) is 0 Å². The van der Waals surface area contributed by atoms with Gasteiger partial charge in [0.2, 0.25) is 0 Å². The molecule has 0 aromatic heterocycles. The highest BCUT2D eigenvalue weighted by molar-refractivity contribution is 8.30. The van der Waals surface area contributed by atoms with E-state index in [1.54, 1.807) is 0 Å². The highest BCUT2D eigenvalue weighted by atomic mass is 32.3. The van der Waals surface area contributed by atoms with Crippen molar-refractivity contribution in [3.05, 3.63) is 121 Å². The summed E-state index contributed by atoms with van der Waals surface area (Å²) in [6, 6.07) is 37.9. The van der Waals surface area contributed by atoms with Crippen LogP contribution >= 0.6 is 10.3 Å². The molecule has 0 spiro atoms. The second-order valence-electron chi connectivity index (χ2n) is 8.01. The van der Waals surface area contributed by atoms with Gasteiger partial charge in [0.05, 0.1) is 18.8 Å². The summed E-state index contributed by atoms with van der Waals surface area (Å²) in [7, 11) is -2.29. The zero-order valence-corrected chi connectivity index (χ0v) is 19.7. The maximum atomic E-state index is 13.6. The summed E-state index contributed by atoms with van der Waals surface area (Å²) in [5.41, 5.74) is 1.63. The normalized spacial score (nSPS) is 14.4. The number of hydrogen-bond donors (Lipinski definition) is 0. The fourth-order valence-electron chi connectivity index (χ4n) is 4.18. The summed E-state index contributed by atoms with van der Waals surface area (Å²) in [6.07, 6.45) is 0. The molecule has 34 heavy (non-hydrogen) atoms. The molecule has 0 bridgehead atoms. The maximum absolute atomic E-state index is 13.6. The van der Waals surface area contributed by atoms with E-state index in [1.807, 2.05) is 115 Å². The Balaban J connectivity index is 1.55. The molecule has 5 heteroatoms. The fourth-order valence-corrected chi connectivity index (χ4v) is 7.23. The lowest BCUT2D eigenvalue weighted by Crippen LogP contribution is -2.36. The van der Waals surface area contributed by atoms with Gasteiger partial charge in [0.15, 0.2) is 0 Å². The first-order chi connectivity index (χ1) is 16.8. The summed E-state index contributed by atoms with van der Waals surface area (Å²) in [5, 5.41) is 0. The van der Waals surface area contributed by atoms with E-state index in [4.69, 9.17) is 8.92 Å². The van der Waals surface area contributed by atoms with Gasteiger partial charge in [-0.15, -0.1) is 0 Å². The van der Waals surface area contributed by atoms with Crippen LogP contribution in [0.15, 0.2) is 130 Å². The standard InChI is InChI=1S/C29H27NO3S/c31-29(24-16-18-25(19-17-24)30-20-22-32-23-21-30)33-34(26-10-4-1-5-11-26,27-12-6-2-7-13-27)28-14-8-3-9-15-28/h1-19H,20-23H2. The second-order valence-corrected chi connectivity index (χ2v) is 10.7. The number of nitrogens with zero attached hydrogens (tertiary/aromatic N) is 1. The molecular weight excluding hydrogens is 442 g/mol. The van der Waals surface area contributed by atoms with E-state index in [-0.39, 0.29) is 5.97 Å². The predicted molar refractivity (Wildman–Crippen MR) is 137 cm³/mol. The van der Waals surface area contributed by atoms with Crippen LogP contribution < -0.4 is 4.90 Å². The number of anilines is 1. The van der Waals surface area contributed by atoms with Crippen LogP contribution in [0.1, 0.15) is 10.4 Å². The lowest BCUT2D eigenvalue weighted by Gasteiger charge is -2.39. The number of morpholine rings is 1. The lowest BCUT2D eigenvalue weighted by molar-refractivity contribution is 0.0757. The zero-order chi connectivity index (χ0) is 23.2. The molecular formula is C29H27NO3S. The Labute approximate surface area is 202 Å². The molecule has 1 aliphatic heterocycles. The van der Waals surface area contributed by atoms with Crippen molar-refractivity contribution in [2.24, 2.45) is 0 Å². The highest BCUT2D eigenvalue weighted by Gasteiger charge is 2.35. The van der Waals surface area contributed by atoms with E-state index in [9.17, 15) is 4.79 Å². The van der Waals surface area contributed by atoms with Gasteiger partial charge in [0, 0.05) is 33.5 Å². The minimum absolute atomic E-state index is 0.333. The molecule has 5 rings (SSSR count). The van der Waals surface area contributed by atoms with Gasteiger partial charge in [-0.1, -0.05) is 54.6 Å². The number of ether oxygens (including phenoxy) is 1. The number of carbonyl (C=O) groups excluding carboxylic acids is 1. The van der Waals surface area contributed by atoms with Crippen molar-refractivity contribution in [1.29, 1.82) is 0 Å². The van der Waals surface area contributed by atoms with E-state index in [1.165, 1.54) is 0 Å². The van der Waals surface area contributed by atoms with Crippen molar-refractivity contribution in [2.75, 3.05) is 31.2 Å². The minimum Gasteiger partial charge on any atom is -0.398 e. The van der Waals surface area contributed by atoms with Gasteiger partial charge in [0.1, 0.15) is 0 Å². The third-order valence-electron chi connectivity index (χ3n) is 5.91. The Bertz CT molecular complexity index is 1110. The summed E-state index contributed by atoms with van der Waals surface area (Å²) >= 11 is 0. The monoisotopic (exact) mass is 469 g/mol. The summed E-state index contributed by atoms with van der Waals surface area (Å²) in [6.45, 7) is 3.15. The molecule has 1 saturated heterocycles. The van der Waals surface area contributed by atoms with Crippen LogP contribution in [0.5, 0.6) is 0 Å².